The highest BCUT2D eigenvalue weighted by atomic mass is 35.5. The van der Waals surface area contributed by atoms with Crippen LogP contribution in [0.5, 0.6) is 0 Å². The number of fused-ring (bicyclic) bond motifs is 1. The summed E-state index contributed by atoms with van der Waals surface area (Å²) in [5.41, 5.74) is 3.05. The number of carbonyl (C=O) groups excluding carboxylic acids is 2. The maximum absolute atomic E-state index is 12.6. The number of carbonyl (C=O) groups is 2. The number of hydrogen-bond acceptors (Lipinski definition) is 3. The van der Waals surface area contributed by atoms with E-state index in [9.17, 15) is 9.59 Å². The summed E-state index contributed by atoms with van der Waals surface area (Å²) in [7, 11) is 0. The second-order valence-corrected chi connectivity index (χ2v) is 7.85. The van der Waals surface area contributed by atoms with Crippen molar-refractivity contribution in [3.05, 3.63) is 69.3 Å². The van der Waals surface area contributed by atoms with Gasteiger partial charge in [-0.05, 0) is 42.7 Å². The minimum Gasteiger partial charge on any atom is -0.461 e. The minimum atomic E-state index is -0.536. The van der Waals surface area contributed by atoms with Gasteiger partial charge in [0.05, 0.1) is 11.6 Å². The number of ether oxygens (including phenoxy) is 1. The topological polar surface area (TPSA) is 71.2 Å². The molecule has 0 spiro atoms. The van der Waals surface area contributed by atoms with Gasteiger partial charge >= 0.3 is 5.97 Å². The highest BCUT2D eigenvalue weighted by molar-refractivity contribution is 6.39. The quantitative estimate of drug-likeness (QED) is 0.339. The molecule has 0 atom stereocenters. The smallest absolute Gasteiger partial charge is 0.355 e. The molecule has 3 aromatic rings. The van der Waals surface area contributed by atoms with Gasteiger partial charge in [-0.3, -0.25) is 4.79 Å². The maximum atomic E-state index is 12.6. The van der Waals surface area contributed by atoms with Crippen molar-refractivity contribution in [3.8, 4) is 0 Å². The second-order valence-electron chi connectivity index (χ2n) is 7.01. The molecule has 2 aromatic carbocycles. The van der Waals surface area contributed by atoms with Crippen molar-refractivity contribution in [1.29, 1.82) is 0 Å². The van der Waals surface area contributed by atoms with E-state index >= 15 is 0 Å². The summed E-state index contributed by atoms with van der Waals surface area (Å²) in [5, 5.41) is 4.29. The Hall–Kier alpha value is -2.76. The van der Waals surface area contributed by atoms with E-state index < -0.39 is 5.97 Å². The molecule has 1 amide bonds. The van der Waals surface area contributed by atoms with Crippen LogP contribution in [0.4, 0.5) is 5.69 Å². The third kappa shape index (κ3) is 4.69. The molecule has 1 heterocycles. The molecule has 2 N–H and O–H groups in total. The molecule has 0 saturated carbocycles. The fourth-order valence-corrected chi connectivity index (χ4v) is 3.85. The van der Waals surface area contributed by atoms with Gasteiger partial charge in [0.2, 0.25) is 5.91 Å². The van der Waals surface area contributed by atoms with Gasteiger partial charge in [-0.15, -0.1) is 0 Å². The Morgan fingerprint density at radius 1 is 1.20 bits per heavy atom. The fourth-order valence-electron chi connectivity index (χ4n) is 3.25. The van der Waals surface area contributed by atoms with E-state index in [-0.39, 0.29) is 24.1 Å². The molecule has 0 radical (unpaired) electrons. The van der Waals surface area contributed by atoms with Gasteiger partial charge < -0.3 is 15.0 Å². The SMILES string of the molecule is CCOC(=O)c1[nH]c2cc(Cl)cc(Cl)c2c1C=CC(=O)Nc1ccccc1C(C)C. The number of esters is 1. The number of para-hydroxylation sites is 1. The molecule has 0 aliphatic rings. The van der Waals surface area contributed by atoms with Gasteiger partial charge in [0.1, 0.15) is 5.69 Å². The number of amides is 1. The number of anilines is 1. The Labute approximate surface area is 185 Å². The minimum absolute atomic E-state index is 0.211. The first-order valence-electron chi connectivity index (χ1n) is 9.57. The highest BCUT2D eigenvalue weighted by Crippen LogP contribution is 2.33. The Kier molecular flexibility index (Phi) is 6.85. The third-order valence-corrected chi connectivity index (χ3v) is 5.09. The summed E-state index contributed by atoms with van der Waals surface area (Å²) in [6, 6.07) is 10.9. The van der Waals surface area contributed by atoms with Crippen LogP contribution in [0.25, 0.3) is 17.0 Å². The normalized spacial score (nSPS) is 11.4. The predicted octanol–water partition coefficient (Wildman–Crippen LogP) is 6.43. The van der Waals surface area contributed by atoms with Crippen LogP contribution in [0.15, 0.2) is 42.5 Å². The lowest BCUT2D eigenvalue weighted by atomic mass is 10.0. The molecule has 0 fully saturated rings. The average molecular weight is 445 g/mol. The molecular weight excluding hydrogens is 423 g/mol. The van der Waals surface area contributed by atoms with Crippen molar-refractivity contribution in [3.63, 3.8) is 0 Å². The lowest BCUT2D eigenvalue weighted by Gasteiger charge is -2.12. The average Bonchev–Trinajstić information content (AvgIpc) is 3.05. The number of H-pyrrole nitrogens is 1. The first-order valence-corrected chi connectivity index (χ1v) is 10.3. The van der Waals surface area contributed by atoms with Gasteiger partial charge in [0, 0.05) is 33.3 Å². The lowest BCUT2D eigenvalue weighted by molar-refractivity contribution is -0.111. The van der Waals surface area contributed by atoms with E-state index in [0.717, 1.165) is 11.3 Å². The number of rotatable bonds is 6. The summed E-state index contributed by atoms with van der Waals surface area (Å²) in [6.07, 6.45) is 2.92. The van der Waals surface area contributed by atoms with Crippen molar-refractivity contribution >= 4 is 57.7 Å². The van der Waals surface area contributed by atoms with E-state index in [1.54, 1.807) is 25.1 Å². The van der Waals surface area contributed by atoms with Gasteiger partial charge in [-0.2, -0.15) is 0 Å². The van der Waals surface area contributed by atoms with Crippen molar-refractivity contribution in [2.24, 2.45) is 0 Å². The second kappa shape index (κ2) is 9.37. The summed E-state index contributed by atoms with van der Waals surface area (Å²) >= 11 is 12.5. The predicted molar refractivity (Wildman–Crippen MR) is 122 cm³/mol. The monoisotopic (exact) mass is 444 g/mol. The first kappa shape index (κ1) is 21.9. The summed E-state index contributed by atoms with van der Waals surface area (Å²) in [5.74, 6) is -0.596. The third-order valence-electron chi connectivity index (χ3n) is 4.57. The molecule has 0 saturated heterocycles. The van der Waals surface area contributed by atoms with E-state index in [1.807, 2.05) is 24.3 Å². The lowest BCUT2D eigenvalue weighted by Crippen LogP contribution is -2.10. The molecular formula is C23H22Cl2N2O3. The van der Waals surface area contributed by atoms with Crippen LogP contribution in [0, 0.1) is 0 Å². The highest BCUT2D eigenvalue weighted by Gasteiger charge is 2.20. The Morgan fingerprint density at radius 2 is 1.93 bits per heavy atom. The molecule has 0 aliphatic carbocycles. The van der Waals surface area contributed by atoms with Crippen molar-refractivity contribution in [2.75, 3.05) is 11.9 Å². The maximum Gasteiger partial charge on any atom is 0.355 e. The van der Waals surface area contributed by atoms with Crippen LogP contribution in [0.2, 0.25) is 10.0 Å². The Bertz CT molecular complexity index is 1130. The standard InChI is InChI=1S/C23H22Cl2N2O3/c1-4-30-23(29)22-16(21-17(25)11-14(24)12-19(21)27-22)9-10-20(28)26-18-8-6-5-7-15(18)13(2)3/h5-13,27H,4H2,1-3H3,(H,26,28). The van der Waals surface area contributed by atoms with Crippen molar-refractivity contribution in [2.45, 2.75) is 26.7 Å². The van der Waals surface area contributed by atoms with Crippen LogP contribution in [-0.4, -0.2) is 23.5 Å². The summed E-state index contributed by atoms with van der Waals surface area (Å²) in [6.45, 7) is 6.06. The molecule has 156 valence electrons. The van der Waals surface area contributed by atoms with Crippen molar-refractivity contribution < 1.29 is 14.3 Å². The largest absolute Gasteiger partial charge is 0.461 e. The zero-order valence-corrected chi connectivity index (χ0v) is 18.4. The van der Waals surface area contributed by atoms with Crippen LogP contribution < -0.4 is 5.32 Å². The van der Waals surface area contributed by atoms with Crippen molar-refractivity contribution in [1.82, 2.24) is 4.98 Å². The van der Waals surface area contributed by atoms with Gasteiger partial charge in [0.25, 0.3) is 0 Å². The molecule has 7 heteroatoms. The zero-order valence-electron chi connectivity index (χ0n) is 16.9. The van der Waals surface area contributed by atoms with E-state index in [2.05, 4.69) is 24.1 Å². The molecule has 1 aromatic heterocycles. The Morgan fingerprint density at radius 3 is 2.63 bits per heavy atom. The van der Waals surface area contributed by atoms with Gasteiger partial charge in [0.15, 0.2) is 0 Å². The van der Waals surface area contributed by atoms with Gasteiger partial charge in [-0.25, -0.2) is 4.79 Å². The van der Waals surface area contributed by atoms with Gasteiger partial charge in [-0.1, -0.05) is 55.2 Å². The molecule has 5 nitrogen and oxygen atoms in total. The van der Waals surface area contributed by atoms with Crippen LogP contribution in [0.1, 0.15) is 48.3 Å². The summed E-state index contributed by atoms with van der Waals surface area (Å²) < 4.78 is 5.13. The molecule has 30 heavy (non-hydrogen) atoms. The number of nitrogens with one attached hydrogen (secondary N) is 2. The zero-order chi connectivity index (χ0) is 21.8. The number of benzene rings is 2. The molecule has 0 unspecified atom stereocenters. The first-order chi connectivity index (χ1) is 14.3. The van der Waals surface area contributed by atoms with E-state index in [4.69, 9.17) is 27.9 Å². The molecule has 0 bridgehead atoms. The Balaban J connectivity index is 1.98. The van der Waals surface area contributed by atoms with Crippen LogP contribution >= 0.6 is 23.2 Å². The van der Waals surface area contributed by atoms with Crippen LogP contribution in [0.3, 0.4) is 0 Å². The van der Waals surface area contributed by atoms with Crippen LogP contribution in [-0.2, 0) is 9.53 Å². The number of aromatic nitrogens is 1. The van der Waals surface area contributed by atoms with E-state index in [1.165, 1.54) is 6.08 Å². The molecule has 0 aliphatic heterocycles. The van der Waals surface area contributed by atoms with E-state index in [0.29, 0.717) is 26.5 Å². The fraction of sp³-hybridized carbons (Fsp3) is 0.217. The summed E-state index contributed by atoms with van der Waals surface area (Å²) in [4.78, 5) is 28.0. The number of hydrogen-bond donors (Lipinski definition) is 2. The number of aromatic amines is 1. The molecule has 3 rings (SSSR count). The number of halogens is 2.